The van der Waals surface area contributed by atoms with E-state index in [1.54, 1.807) is 23.1 Å². The van der Waals surface area contributed by atoms with Crippen molar-refractivity contribution in [1.29, 1.82) is 0 Å². The number of aromatic amines is 1. The van der Waals surface area contributed by atoms with Crippen LogP contribution in [0.3, 0.4) is 0 Å². The lowest BCUT2D eigenvalue weighted by molar-refractivity contribution is 0.0630. The van der Waals surface area contributed by atoms with E-state index < -0.39 is 0 Å². The topological polar surface area (TPSA) is 105 Å². The zero-order valence-electron chi connectivity index (χ0n) is 16.6. The van der Waals surface area contributed by atoms with Crippen molar-refractivity contribution in [3.8, 4) is 5.82 Å². The smallest absolute Gasteiger partial charge is 0.266 e. The first-order chi connectivity index (χ1) is 14.0. The highest BCUT2D eigenvalue weighted by molar-refractivity contribution is 5.96. The molecule has 4 rings (SSSR count). The lowest BCUT2D eigenvalue weighted by Crippen LogP contribution is -2.49. The molecule has 0 spiro atoms. The van der Waals surface area contributed by atoms with E-state index in [9.17, 15) is 9.59 Å². The van der Waals surface area contributed by atoms with Crippen LogP contribution in [0.5, 0.6) is 0 Å². The Bertz CT molecular complexity index is 1030. The van der Waals surface area contributed by atoms with Gasteiger partial charge in [-0.15, -0.1) is 5.10 Å². The minimum absolute atomic E-state index is 0.0261. The number of aryl methyl sites for hydroxylation is 2. The summed E-state index contributed by atoms with van der Waals surface area (Å²) >= 11 is 0. The third-order valence-electron chi connectivity index (χ3n) is 5.22. The molecule has 3 aromatic heterocycles. The van der Waals surface area contributed by atoms with Crippen LogP contribution in [0, 0.1) is 13.8 Å². The molecule has 10 nitrogen and oxygen atoms in total. The fraction of sp³-hybridized carbons (Fsp3) is 0.421. The Balaban J connectivity index is 1.34. The number of hydrogen-bond donors (Lipinski definition) is 1. The van der Waals surface area contributed by atoms with E-state index in [0.717, 1.165) is 24.5 Å². The first-order valence-electron chi connectivity index (χ1n) is 9.64. The van der Waals surface area contributed by atoms with Crippen molar-refractivity contribution in [1.82, 2.24) is 39.6 Å². The zero-order chi connectivity index (χ0) is 20.4. The Kier molecular flexibility index (Phi) is 5.26. The van der Waals surface area contributed by atoms with Gasteiger partial charge in [-0.25, -0.2) is 9.36 Å². The Morgan fingerprint density at radius 2 is 1.93 bits per heavy atom. The fourth-order valence-electron chi connectivity index (χ4n) is 3.56. The molecule has 4 heterocycles. The van der Waals surface area contributed by atoms with Gasteiger partial charge in [-0.3, -0.25) is 19.6 Å². The number of rotatable bonds is 5. The van der Waals surface area contributed by atoms with Crippen LogP contribution in [0.4, 0.5) is 0 Å². The molecule has 29 heavy (non-hydrogen) atoms. The Morgan fingerprint density at radius 3 is 2.59 bits per heavy atom. The molecule has 1 aliphatic heterocycles. The molecule has 0 radical (unpaired) electrons. The monoisotopic (exact) mass is 396 g/mol. The third kappa shape index (κ3) is 3.97. The summed E-state index contributed by atoms with van der Waals surface area (Å²) < 4.78 is 3.09. The summed E-state index contributed by atoms with van der Waals surface area (Å²) in [4.78, 5) is 29.0. The number of H-pyrrole nitrogens is 1. The zero-order valence-corrected chi connectivity index (χ0v) is 16.6. The molecular formula is C19H24N8O2. The highest BCUT2D eigenvalue weighted by Crippen LogP contribution is 2.14. The van der Waals surface area contributed by atoms with E-state index in [0.29, 0.717) is 37.6 Å². The number of piperazine rings is 1. The largest absolute Gasteiger partial charge is 0.336 e. The second-order valence-electron chi connectivity index (χ2n) is 7.15. The van der Waals surface area contributed by atoms with E-state index >= 15 is 0 Å². The van der Waals surface area contributed by atoms with E-state index in [2.05, 4.69) is 25.3 Å². The Labute approximate surface area is 167 Å². The molecule has 3 aromatic rings. The van der Waals surface area contributed by atoms with Crippen molar-refractivity contribution in [2.24, 2.45) is 0 Å². The number of nitrogens with one attached hydrogen (secondary N) is 1. The van der Waals surface area contributed by atoms with Gasteiger partial charge in [0.05, 0.1) is 17.8 Å². The molecule has 1 fully saturated rings. The number of hydrogen-bond acceptors (Lipinski definition) is 6. The molecule has 0 aromatic carbocycles. The van der Waals surface area contributed by atoms with Crippen molar-refractivity contribution in [3.63, 3.8) is 0 Å². The first kappa shape index (κ1) is 19.1. The molecular weight excluding hydrogens is 372 g/mol. The SMILES string of the molecule is Cc1n[nH]c(C)c1C(=O)N1CCN(CCn2nc(-n3cccn3)ccc2=O)CC1. The predicted molar refractivity (Wildman–Crippen MR) is 106 cm³/mol. The summed E-state index contributed by atoms with van der Waals surface area (Å²) in [6.07, 6.45) is 3.46. The maximum absolute atomic E-state index is 12.8. The molecule has 152 valence electrons. The number of amides is 1. The van der Waals surface area contributed by atoms with Gasteiger partial charge < -0.3 is 4.90 Å². The van der Waals surface area contributed by atoms with E-state index in [1.165, 1.54) is 10.7 Å². The molecule has 0 aliphatic carbocycles. The predicted octanol–water partition coefficient (Wildman–Crippen LogP) is 0.227. The van der Waals surface area contributed by atoms with Gasteiger partial charge in [0, 0.05) is 56.9 Å². The molecule has 1 N–H and O–H groups in total. The lowest BCUT2D eigenvalue weighted by atomic mass is 10.1. The number of carbonyl (C=O) groups excluding carboxylic acids is 1. The van der Waals surface area contributed by atoms with Crippen LogP contribution >= 0.6 is 0 Å². The Hall–Kier alpha value is -3.27. The molecule has 0 saturated carbocycles. The molecule has 0 atom stereocenters. The highest BCUT2D eigenvalue weighted by Gasteiger charge is 2.25. The van der Waals surface area contributed by atoms with Crippen LogP contribution in [-0.4, -0.2) is 78.2 Å². The number of aromatic nitrogens is 6. The molecule has 0 unspecified atom stereocenters. The van der Waals surface area contributed by atoms with Crippen molar-refractivity contribution in [2.45, 2.75) is 20.4 Å². The maximum atomic E-state index is 12.8. The normalized spacial score (nSPS) is 15.0. The molecule has 1 saturated heterocycles. The van der Waals surface area contributed by atoms with Crippen LogP contribution in [0.1, 0.15) is 21.7 Å². The average Bonchev–Trinajstić information content (AvgIpc) is 3.37. The van der Waals surface area contributed by atoms with Gasteiger partial charge >= 0.3 is 0 Å². The molecule has 1 amide bonds. The fourth-order valence-corrected chi connectivity index (χ4v) is 3.56. The average molecular weight is 396 g/mol. The maximum Gasteiger partial charge on any atom is 0.266 e. The minimum Gasteiger partial charge on any atom is -0.336 e. The van der Waals surface area contributed by atoms with Gasteiger partial charge in [0.25, 0.3) is 11.5 Å². The van der Waals surface area contributed by atoms with Crippen molar-refractivity contribution in [2.75, 3.05) is 32.7 Å². The van der Waals surface area contributed by atoms with Crippen molar-refractivity contribution in [3.05, 3.63) is 57.9 Å². The second-order valence-corrected chi connectivity index (χ2v) is 7.15. The van der Waals surface area contributed by atoms with Crippen molar-refractivity contribution >= 4 is 5.91 Å². The van der Waals surface area contributed by atoms with Crippen LogP contribution in [0.15, 0.2) is 35.4 Å². The van der Waals surface area contributed by atoms with Crippen LogP contribution in [-0.2, 0) is 6.54 Å². The second kappa shape index (κ2) is 8.00. The first-order valence-corrected chi connectivity index (χ1v) is 9.64. The molecule has 1 aliphatic rings. The standard InChI is InChI=1S/C19H24N8O2/c1-14-18(15(2)22-21-14)19(29)25-11-8-24(9-12-25)10-13-27-17(28)5-4-16(23-27)26-7-3-6-20-26/h3-7H,8-13H2,1-2H3,(H,21,22). The molecule has 10 heteroatoms. The van der Waals surface area contributed by atoms with Crippen LogP contribution in [0.25, 0.3) is 5.82 Å². The number of nitrogens with zero attached hydrogens (tertiary/aromatic N) is 7. The molecule has 0 bridgehead atoms. The van der Waals surface area contributed by atoms with Gasteiger partial charge in [0.1, 0.15) is 0 Å². The van der Waals surface area contributed by atoms with Gasteiger partial charge in [0.2, 0.25) is 0 Å². The van der Waals surface area contributed by atoms with Gasteiger partial charge in [-0.05, 0) is 26.0 Å². The third-order valence-corrected chi connectivity index (χ3v) is 5.22. The van der Waals surface area contributed by atoms with Crippen LogP contribution < -0.4 is 5.56 Å². The summed E-state index contributed by atoms with van der Waals surface area (Å²) in [7, 11) is 0. The minimum atomic E-state index is -0.138. The quantitative estimate of drug-likeness (QED) is 0.662. The summed E-state index contributed by atoms with van der Waals surface area (Å²) in [5.41, 5.74) is 2.07. The summed E-state index contributed by atoms with van der Waals surface area (Å²) in [6, 6.07) is 4.98. The number of carbonyl (C=O) groups is 1. The van der Waals surface area contributed by atoms with E-state index in [1.807, 2.05) is 24.8 Å². The summed E-state index contributed by atoms with van der Waals surface area (Å²) in [6.45, 7) is 7.71. The summed E-state index contributed by atoms with van der Waals surface area (Å²) in [5, 5.41) is 15.5. The van der Waals surface area contributed by atoms with Crippen molar-refractivity contribution < 1.29 is 4.79 Å². The van der Waals surface area contributed by atoms with Gasteiger partial charge in [-0.1, -0.05) is 0 Å². The van der Waals surface area contributed by atoms with Gasteiger partial charge in [0.15, 0.2) is 5.82 Å². The van der Waals surface area contributed by atoms with E-state index in [4.69, 9.17) is 0 Å². The summed E-state index contributed by atoms with van der Waals surface area (Å²) in [5.74, 6) is 0.633. The lowest BCUT2D eigenvalue weighted by Gasteiger charge is -2.34. The van der Waals surface area contributed by atoms with E-state index in [-0.39, 0.29) is 11.5 Å². The van der Waals surface area contributed by atoms with Gasteiger partial charge in [-0.2, -0.15) is 10.2 Å². The Morgan fingerprint density at radius 1 is 1.14 bits per heavy atom. The van der Waals surface area contributed by atoms with Crippen LogP contribution in [0.2, 0.25) is 0 Å². The highest BCUT2D eigenvalue weighted by atomic mass is 16.2.